The second-order valence-corrected chi connectivity index (χ2v) is 7.77. The third kappa shape index (κ3) is 2.66. The number of pyridine rings is 1. The molecule has 0 spiro atoms. The third-order valence-electron chi connectivity index (χ3n) is 5.02. The van der Waals surface area contributed by atoms with Gasteiger partial charge in [0.25, 0.3) is 0 Å². The number of aryl methyl sites for hydroxylation is 1. The summed E-state index contributed by atoms with van der Waals surface area (Å²) in [6.45, 7) is 2.20. The molecule has 2 aromatic heterocycles. The molecule has 4 rings (SSSR count). The van der Waals surface area contributed by atoms with Gasteiger partial charge in [0.1, 0.15) is 0 Å². The summed E-state index contributed by atoms with van der Waals surface area (Å²) in [5, 5.41) is 6.65. The Balaban J connectivity index is 1.77. The van der Waals surface area contributed by atoms with E-state index in [0.29, 0.717) is 6.04 Å². The monoisotopic (exact) mass is 343 g/mol. The smallest absolute Gasteiger partial charge is 0.170 e. The van der Waals surface area contributed by atoms with Crippen molar-refractivity contribution in [2.24, 2.45) is 0 Å². The molecule has 0 radical (unpaired) electrons. The van der Waals surface area contributed by atoms with Crippen molar-refractivity contribution < 1.29 is 0 Å². The van der Waals surface area contributed by atoms with E-state index in [1.807, 2.05) is 23.6 Å². The first-order valence-electron chi connectivity index (χ1n) is 8.29. The highest BCUT2D eigenvalue weighted by Crippen LogP contribution is 2.45. The lowest BCUT2D eigenvalue weighted by Gasteiger charge is -2.32. The van der Waals surface area contributed by atoms with Crippen LogP contribution >= 0.6 is 23.6 Å². The van der Waals surface area contributed by atoms with Crippen molar-refractivity contribution >= 4 is 28.7 Å². The molecule has 2 fully saturated rings. The Kier molecular flexibility index (Phi) is 4.07. The Labute approximate surface area is 146 Å². The maximum Gasteiger partial charge on any atom is 0.170 e. The van der Waals surface area contributed by atoms with Crippen LogP contribution in [0.3, 0.4) is 0 Å². The normalized spacial score (nSPS) is 25.1. The molecule has 5 heteroatoms. The van der Waals surface area contributed by atoms with Crippen molar-refractivity contribution in [1.82, 2.24) is 15.2 Å². The van der Waals surface area contributed by atoms with Gasteiger partial charge in [-0.25, -0.2) is 0 Å². The molecule has 120 valence electrons. The minimum absolute atomic E-state index is 0.140. The summed E-state index contributed by atoms with van der Waals surface area (Å²) < 4.78 is 0. The molecule has 3 heterocycles. The molecule has 3 nitrogen and oxygen atoms in total. The number of rotatable bonds is 3. The molecule has 0 amide bonds. The Morgan fingerprint density at radius 3 is 2.74 bits per heavy atom. The van der Waals surface area contributed by atoms with E-state index >= 15 is 0 Å². The van der Waals surface area contributed by atoms with E-state index in [-0.39, 0.29) is 12.1 Å². The van der Waals surface area contributed by atoms with Crippen molar-refractivity contribution in [1.29, 1.82) is 0 Å². The molecule has 1 N–H and O–H groups in total. The number of thiocarbonyl (C=S) groups is 1. The van der Waals surface area contributed by atoms with Crippen LogP contribution in [0, 0.1) is 6.92 Å². The van der Waals surface area contributed by atoms with Crippen molar-refractivity contribution in [3.8, 4) is 0 Å². The predicted molar refractivity (Wildman–Crippen MR) is 98.6 cm³/mol. The maximum atomic E-state index is 5.74. The number of hydrogen-bond acceptors (Lipinski definition) is 3. The summed E-state index contributed by atoms with van der Waals surface area (Å²) in [5.74, 6) is 0. The van der Waals surface area contributed by atoms with Crippen LogP contribution in [-0.2, 0) is 0 Å². The van der Waals surface area contributed by atoms with Crippen LogP contribution in [0.1, 0.15) is 53.9 Å². The van der Waals surface area contributed by atoms with Crippen LogP contribution < -0.4 is 5.32 Å². The lowest BCUT2D eigenvalue weighted by atomic mass is 9.99. The first-order valence-corrected chi connectivity index (χ1v) is 9.58. The van der Waals surface area contributed by atoms with Crippen LogP contribution in [0.2, 0.25) is 0 Å². The van der Waals surface area contributed by atoms with Crippen molar-refractivity contribution in [2.45, 2.75) is 50.7 Å². The summed E-state index contributed by atoms with van der Waals surface area (Å²) >= 11 is 7.58. The van der Waals surface area contributed by atoms with Crippen molar-refractivity contribution in [2.75, 3.05) is 0 Å². The van der Waals surface area contributed by atoms with Crippen molar-refractivity contribution in [3.05, 3.63) is 52.0 Å². The molecule has 23 heavy (non-hydrogen) atoms. The zero-order valence-electron chi connectivity index (χ0n) is 13.2. The fourth-order valence-corrected chi connectivity index (χ4v) is 5.36. The standard InChI is InChI=1S/C18H21N3S2/c1-12-9-11-23-17(12)16-15(14-8-4-5-10-19-14)20-18(22)21(16)13-6-2-3-7-13/h4-5,8-11,13,15-16H,2-3,6-7H2,1H3,(H,20,22). The predicted octanol–water partition coefficient (Wildman–Crippen LogP) is 4.37. The first-order chi connectivity index (χ1) is 11.3. The average Bonchev–Trinajstić information content (AvgIpc) is 3.28. The first kappa shape index (κ1) is 15.1. The SMILES string of the molecule is Cc1ccsc1C1C(c2ccccn2)NC(=S)N1C1CCCC1. The van der Waals surface area contributed by atoms with E-state index < -0.39 is 0 Å². The second kappa shape index (κ2) is 6.21. The van der Waals surface area contributed by atoms with Crippen LogP contribution in [0.15, 0.2) is 35.8 Å². The molecule has 2 aliphatic rings. The van der Waals surface area contributed by atoms with Gasteiger partial charge in [-0.05, 0) is 61.1 Å². The molecule has 0 bridgehead atoms. The minimum Gasteiger partial charge on any atom is -0.352 e. The zero-order valence-corrected chi connectivity index (χ0v) is 14.9. The van der Waals surface area contributed by atoms with E-state index in [2.05, 4.69) is 45.7 Å². The number of nitrogens with one attached hydrogen (secondary N) is 1. The summed E-state index contributed by atoms with van der Waals surface area (Å²) in [5.41, 5.74) is 2.43. The van der Waals surface area contributed by atoms with E-state index in [4.69, 9.17) is 12.2 Å². The van der Waals surface area contributed by atoms with E-state index in [9.17, 15) is 0 Å². The molecular formula is C18H21N3S2. The molecule has 1 saturated heterocycles. The Morgan fingerprint density at radius 2 is 2.09 bits per heavy atom. The quantitative estimate of drug-likeness (QED) is 0.838. The van der Waals surface area contributed by atoms with Gasteiger partial charge in [0.05, 0.1) is 17.8 Å². The Morgan fingerprint density at radius 1 is 1.26 bits per heavy atom. The molecular weight excluding hydrogens is 322 g/mol. The van der Waals surface area contributed by atoms with E-state index in [1.54, 1.807) is 0 Å². The fourth-order valence-electron chi connectivity index (χ4n) is 3.91. The van der Waals surface area contributed by atoms with Gasteiger partial charge in [-0.3, -0.25) is 4.98 Å². The van der Waals surface area contributed by atoms with Crippen LogP contribution in [0.5, 0.6) is 0 Å². The zero-order chi connectivity index (χ0) is 15.8. The lowest BCUT2D eigenvalue weighted by Crippen LogP contribution is -2.37. The number of thiophene rings is 1. The topological polar surface area (TPSA) is 28.2 Å². The van der Waals surface area contributed by atoms with E-state index in [1.165, 1.54) is 36.1 Å². The lowest BCUT2D eigenvalue weighted by molar-refractivity contribution is 0.248. The highest BCUT2D eigenvalue weighted by molar-refractivity contribution is 7.80. The number of nitrogens with zero attached hydrogens (tertiary/aromatic N) is 2. The third-order valence-corrected chi connectivity index (χ3v) is 6.44. The van der Waals surface area contributed by atoms with Gasteiger partial charge in [0.15, 0.2) is 5.11 Å². The van der Waals surface area contributed by atoms with Gasteiger partial charge in [-0.2, -0.15) is 0 Å². The summed E-state index contributed by atoms with van der Waals surface area (Å²) in [4.78, 5) is 8.49. The molecule has 2 aromatic rings. The minimum atomic E-state index is 0.140. The van der Waals surface area contributed by atoms with Gasteiger partial charge < -0.3 is 10.2 Å². The highest BCUT2D eigenvalue weighted by atomic mass is 32.1. The molecule has 1 saturated carbocycles. The van der Waals surface area contributed by atoms with Gasteiger partial charge in [-0.1, -0.05) is 18.9 Å². The van der Waals surface area contributed by atoms with Gasteiger partial charge in [0, 0.05) is 17.1 Å². The summed E-state index contributed by atoms with van der Waals surface area (Å²) in [6, 6.07) is 9.32. The van der Waals surface area contributed by atoms with E-state index in [0.717, 1.165) is 10.8 Å². The van der Waals surface area contributed by atoms with Crippen LogP contribution in [0.4, 0.5) is 0 Å². The molecule has 1 aliphatic heterocycles. The molecule has 1 aliphatic carbocycles. The number of aromatic nitrogens is 1. The highest BCUT2D eigenvalue weighted by Gasteiger charge is 2.44. The van der Waals surface area contributed by atoms with Gasteiger partial charge >= 0.3 is 0 Å². The van der Waals surface area contributed by atoms with Gasteiger partial charge in [0.2, 0.25) is 0 Å². The largest absolute Gasteiger partial charge is 0.352 e. The maximum absolute atomic E-state index is 5.74. The fraction of sp³-hybridized carbons (Fsp3) is 0.444. The van der Waals surface area contributed by atoms with Crippen LogP contribution in [0.25, 0.3) is 0 Å². The Bertz CT molecular complexity index is 691. The number of hydrogen-bond donors (Lipinski definition) is 1. The summed E-state index contributed by atoms with van der Waals surface area (Å²) in [6.07, 6.45) is 6.99. The summed E-state index contributed by atoms with van der Waals surface area (Å²) in [7, 11) is 0. The second-order valence-electron chi connectivity index (χ2n) is 6.44. The average molecular weight is 344 g/mol. The molecule has 2 unspecified atom stereocenters. The van der Waals surface area contributed by atoms with Crippen molar-refractivity contribution in [3.63, 3.8) is 0 Å². The van der Waals surface area contributed by atoms with Crippen LogP contribution in [-0.4, -0.2) is 21.0 Å². The molecule has 2 atom stereocenters. The molecule has 0 aromatic carbocycles. The Hall–Kier alpha value is -1.46. The van der Waals surface area contributed by atoms with Gasteiger partial charge in [-0.15, -0.1) is 11.3 Å².